The van der Waals surface area contributed by atoms with Crippen LogP contribution in [0.3, 0.4) is 0 Å². The molecule has 1 aliphatic carbocycles. The van der Waals surface area contributed by atoms with Crippen LogP contribution in [0.25, 0.3) is 22.0 Å². The number of pyridine rings is 1. The summed E-state index contributed by atoms with van der Waals surface area (Å²) in [5, 5.41) is 14.1. The highest BCUT2D eigenvalue weighted by molar-refractivity contribution is 6.30. The first-order valence-electron chi connectivity index (χ1n) is 13.0. The highest BCUT2D eigenvalue weighted by atomic mass is 35.5. The molecule has 1 atom stereocenters. The topological polar surface area (TPSA) is 54.6 Å². The summed E-state index contributed by atoms with van der Waals surface area (Å²) in [6.45, 7) is 0.684. The number of hydrogen-bond donors (Lipinski definition) is 1. The molecular weight excluding hydrogens is 506 g/mol. The summed E-state index contributed by atoms with van der Waals surface area (Å²) in [4.78, 5) is 17.8. The van der Waals surface area contributed by atoms with Gasteiger partial charge in [-0.1, -0.05) is 47.9 Å². The molecule has 0 amide bonds. The number of quaternary nitrogens is 1. The van der Waals surface area contributed by atoms with Gasteiger partial charge < -0.3 is 9.67 Å². The van der Waals surface area contributed by atoms with E-state index >= 15 is 0 Å². The van der Waals surface area contributed by atoms with E-state index in [4.69, 9.17) is 18.0 Å². The summed E-state index contributed by atoms with van der Waals surface area (Å²) >= 11 is 6.22. The fourth-order valence-electron chi connectivity index (χ4n) is 5.52. The molecule has 0 radical (unpaired) electrons. The number of aromatic nitrogens is 1. The molecule has 5 nitrogen and oxygen atoms in total. The second-order valence-electron chi connectivity index (χ2n) is 10.9. The number of hydrogen-bond acceptors (Lipinski definition) is 3. The molecule has 0 saturated heterocycles. The summed E-state index contributed by atoms with van der Waals surface area (Å²) in [7, 11) is 3.96. The summed E-state index contributed by atoms with van der Waals surface area (Å²) in [5.74, 6) is 3.22. The van der Waals surface area contributed by atoms with Crippen molar-refractivity contribution in [2.45, 2.75) is 25.0 Å². The van der Waals surface area contributed by atoms with Gasteiger partial charge in [-0.25, -0.2) is 4.99 Å². The van der Waals surface area contributed by atoms with Crippen molar-refractivity contribution in [3.8, 4) is 23.5 Å². The zero-order valence-corrected chi connectivity index (χ0v) is 22.7. The normalized spacial score (nSPS) is 17.6. The Bertz CT molecular complexity index is 1770. The number of fused-ring (bicyclic) bond motifs is 1. The third-order valence-corrected chi connectivity index (χ3v) is 8.06. The maximum absolute atomic E-state index is 13.4. The molecule has 1 aromatic heterocycles. The Hall–Kier alpha value is -3.95. The Morgan fingerprint density at radius 3 is 2.49 bits per heavy atom. The van der Waals surface area contributed by atoms with Crippen molar-refractivity contribution in [3.63, 3.8) is 0 Å². The van der Waals surface area contributed by atoms with E-state index in [-0.39, 0.29) is 10.0 Å². The fourth-order valence-corrected chi connectivity index (χ4v) is 5.64. The smallest absolute Gasteiger partial charge is 0.251 e. The first-order valence-corrected chi connectivity index (χ1v) is 13.4. The van der Waals surface area contributed by atoms with Gasteiger partial charge >= 0.3 is 0 Å². The zero-order chi connectivity index (χ0) is 27.4. The van der Waals surface area contributed by atoms with Crippen LogP contribution in [0, 0.1) is 18.3 Å². The minimum Gasteiger partial charge on any atom is -0.371 e. The van der Waals surface area contributed by atoms with Crippen molar-refractivity contribution in [1.29, 1.82) is 0 Å². The lowest BCUT2D eigenvalue weighted by Crippen LogP contribution is -2.45. The second kappa shape index (κ2) is 9.36. The number of rotatable bonds is 6. The van der Waals surface area contributed by atoms with E-state index in [2.05, 4.69) is 10.9 Å². The summed E-state index contributed by atoms with van der Waals surface area (Å²) in [6, 6.07) is 22.5. The van der Waals surface area contributed by atoms with Crippen LogP contribution in [0.2, 0.25) is 5.02 Å². The monoisotopic (exact) mass is 534 g/mol. The third kappa shape index (κ3) is 4.41. The van der Waals surface area contributed by atoms with E-state index < -0.39 is 5.60 Å². The molecule has 6 rings (SSSR count). The van der Waals surface area contributed by atoms with Gasteiger partial charge in [0.05, 0.1) is 25.8 Å². The summed E-state index contributed by atoms with van der Waals surface area (Å²) in [6.07, 6.45) is 11.5. The first kappa shape index (κ1) is 25.3. The van der Waals surface area contributed by atoms with Crippen molar-refractivity contribution < 1.29 is 9.59 Å². The van der Waals surface area contributed by atoms with Crippen LogP contribution < -0.4 is 5.56 Å². The van der Waals surface area contributed by atoms with Crippen molar-refractivity contribution in [2.24, 2.45) is 10.9 Å². The van der Waals surface area contributed by atoms with E-state index in [9.17, 15) is 9.90 Å². The Balaban J connectivity index is 1.64. The molecule has 4 aromatic rings. The lowest BCUT2D eigenvalue weighted by Gasteiger charge is -2.36. The van der Waals surface area contributed by atoms with E-state index in [1.807, 2.05) is 73.3 Å². The van der Waals surface area contributed by atoms with Crippen LogP contribution in [0.15, 0.2) is 94.5 Å². The molecule has 2 heterocycles. The number of nitrogens with zero attached hydrogens (tertiary/aromatic N) is 3. The van der Waals surface area contributed by atoms with E-state index in [1.165, 1.54) is 0 Å². The maximum Gasteiger partial charge on any atom is 0.251 e. The molecular formula is C33H29ClN3O2+. The van der Waals surface area contributed by atoms with Crippen LogP contribution in [-0.4, -0.2) is 34.6 Å². The van der Waals surface area contributed by atoms with Crippen molar-refractivity contribution in [1.82, 2.24) is 4.57 Å². The predicted octanol–water partition coefficient (Wildman–Crippen LogP) is 5.91. The van der Waals surface area contributed by atoms with Gasteiger partial charge in [0, 0.05) is 28.6 Å². The fraction of sp³-hybridized carbons (Fsp3) is 0.212. The third-order valence-electron chi connectivity index (χ3n) is 7.81. The SMILES string of the molecule is C#Cc1cccc(-c2cc(=O)n(CC3CC3)c3ccc(C(O)(C4=CN=C[N+]4(C)C)c4ccc(Cl)cc4)cc23)c1. The number of likely N-dealkylation sites (N-methyl/N-ethyl adjacent to an activating group) is 1. The van der Waals surface area contributed by atoms with Gasteiger partial charge in [0.1, 0.15) is 0 Å². The van der Waals surface area contributed by atoms with Gasteiger partial charge in [-0.15, -0.1) is 6.42 Å². The number of benzene rings is 3. The lowest BCUT2D eigenvalue weighted by atomic mass is 9.81. The summed E-state index contributed by atoms with van der Waals surface area (Å²) in [5.41, 5.74) is 3.72. The number of aliphatic imine (C=N–C) groups is 1. The molecule has 3 aromatic carbocycles. The van der Waals surface area contributed by atoms with Gasteiger partial charge in [-0.3, -0.25) is 9.28 Å². The van der Waals surface area contributed by atoms with Crippen LogP contribution in [0.1, 0.15) is 29.5 Å². The molecule has 1 fully saturated rings. The number of terminal acetylenes is 1. The molecule has 0 spiro atoms. The Kier molecular flexibility index (Phi) is 6.08. The largest absolute Gasteiger partial charge is 0.371 e. The van der Waals surface area contributed by atoms with E-state index in [0.717, 1.165) is 40.4 Å². The van der Waals surface area contributed by atoms with Crippen molar-refractivity contribution in [2.75, 3.05) is 14.1 Å². The van der Waals surface area contributed by atoms with E-state index in [0.29, 0.717) is 34.3 Å². The zero-order valence-electron chi connectivity index (χ0n) is 21.9. The average molecular weight is 535 g/mol. The van der Waals surface area contributed by atoms with Crippen LogP contribution in [-0.2, 0) is 12.1 Å². The molecule has 1 aliphatic heterocycles. The Morgan fingerprint density at radius 1 is 1.08 bits per heavy atom. The molecule has 6 heteroatoms. The highest BCUT2D eigenvalue weighted by Gasteiger charge is 2.47. The molecule has 1 saturated carbocycles. The molecule has 0 bridgehead atoms. The minimum absolute atomic E-state index is 0.0408. The quantitative estimate of drug-likeness (QED) is 0.247. The average Bonchev–Trinajstić information content (AvgIpc) is 3.69. The summed E-state index contributed by atoms with van der Waals surface area (Å²) < 4.78 is 2.15. The Morgan fingerprint density at radius 2 is 1.82 bits per heavy atom. The second-order valence-corrected chi connectivity index (χ2v) is 11.4. The minimum atomic E-state index is -1.51. The van der Waals surface area contributed by atoms with Crippen LogP contribution in [0.4, 0.5) is 0 Å². The molecule has 1 N–H and O–H groups in total. The standard InChI is InChI=1S/C33H29ClN3O2/c1-4-22-6-5-7-24(16-22)28-18-32(38)36(20-23-8-9-23)30-15-12-26(17-29(28)30)33(39,25-10-13-27(34)14-11-25)31-19-35-21-37(31,2)3/h1,5-7,10-19,21,23,39H,8-9,20H2,2-3H3/q+1. The molecule has 39 heavy (non-hydrogen) atoms. The molecule has 194 valence electrons. The molecule has 1 unspecified atom stereocenters. The van der Waals surface area contributed by atoms with Crippen molar-refractivity contribution in [3.05, 3.63) is 117 Å². The van der Waals surface area contributed by atoms with Gasteiger partial charge in [0.2, 0.25) is 0 Å². The predicted molar refractivity (Wildman–Crippen MR) is 157 cm³/mol. The van der Waals surface area contributed by atoms with E-state index in [1.54, 1.807) is 30.7 Å². The number of halogens is 1. The van der Waals surface area contributed by atoms with Gasteiger partial charge in [0.25, 0.3) is 5.56 Å². The van der Waals surface area contributed by atoms with Gasteiger partial charge in [-0.05, 0) is 77.4 Å². The maximum atomic E-state index is 13.4. The number of aliphatic hydroxyl groups is 1. The molecule has 2 aliphatic rings. The van der Waals surface area contributed by atoms with Gasteiger partial charge in [-0.2, -0.15) is 0 Å². The first-order chi connectivity index (χ1) is 18.7. The highest BCUT2D eigenvalue weighted by Crippen LogP contribution is 2.43. The van der Waals surface area contributed by atoms with Crippen molar-refractivity contribution >= 4 is 28.8 Å². The van der Waals surface area contributed by atoms with Crippen LogP contribution >= 0.6 is 11.6 Å². The lowest BCUT2D eigenvalue weighted by molar-refractivity contribution is -0.755. The van der Waals surface area contributed by atoms with Crippen LogP contribution in [0.5, 0.6) is 0 Å². The Labute approximate surface area is 232 Å². The van der Waals surface area contributed by atoms with Gasteiger partial charge in [0.15, 0.2) is 17.6 Å².